The molecular weight excluding hydrogens is 274 g/mol. The number of carbonyl (C=O) groups is 1. The molecule has 2 atom stereocenters. The Kier molecular flexibility index (Phi) is 2.29. The highest BCUT2D eigenvalue weighted by Gasteiger charge is 2.53. The summed E-state index contributed by atoms with van der Waals surface area (Å²) < 4.78 is 6.05. The number of nitrogens with one attached hydrogen (secondary N) is 1. The zero-order valence-corrected chi connectivity index (χ0v) is 11.5. The normalized spacial score (nSPS) is 30.2. The number of hydrogen-bond acceptors (Lipinski definition) is 4. The average Bonchev–Trinajstić information content (AvgIpc) is 3.21. The molecule has 2 heterocycles. The third-order valence-electron chi connectivity index (χ3n) is 4.43. The summed E-state index contributed by atoms with van der Waals surface area (Å²) in [5.41, 5.74) is 0.0300. The van der Waals surface area contributed by atoms with Crippen LogP contribution < -0.4 is 10.1 Å². The minimum absolute atomic E-state index is 0.0137. The Bertz CT molecular complexity index is 658. The van der Waals surface area contributed by atoms with E-state index in [0.29, 0.717) is 17.7 Å². The van der Waals surface area contributed by atoms with Crippen LogP contribution >= 0.6 is 0 Å². The summed E-state index contributed by atoms with van der Waals surface area (Å²) in [6.45, 7) is 1.92. The summed E-state index contributed by atoms with van der Waals surface area (Å²) >= 11 is 0. The molecule has 1 saturated heterocycles. The van der Waals surface area contributed by atoms with E-state index in [-0.39, 0.29) is 23.8 Å². The minimum atomic E-state index is -0.669. The largest absolute Gasteiger partial charge is 0.468 e. The van der Waals surface area contributed by atoms with Crippen molar-refractivity contribution in [2.75, 3.05) is 0 Å². The summed E-state index contributed by atoms with van der Waals surface area (Å²) in [5.74, 6) is 0.616. The molecule has 21 heavy (non-hydrogen) atoms. The van der Waals surface area contributed by atoms with E-state index in [1.54, 1.807) is 11.0 Å². The number of amides is 2. The highest BCUT2D eigenvalue weighted by atomic mass is 16.6. The number of fused-ring (bicyclic) bond motifs is 4. The van der Waals surface area contributed by atoms with Crippen molar-refractivity contribution < 1.29 is 14.5 Å². The van der Waals surface area contributed by atoms with Crippen molar-refractivity contribution >= 4 is 11.7 Å². The lowest BCUT2D eigenvalue weighted by Crippen LogP contribution is -2.65. The maximum Gasteiger partial charge on any atom is 0.321 e. The standard InChI is InChI=1S/C14H15N3O4/c1-14-7-11(15-13(18)16(14)8-2-3-8)10-6-9(17(19)20)4-5-12(10)21-14/h4-6,8,11H,2-3,7H2,1H3,(H,15,18). The van der Waals surface area contributed by atoms with E-state index < -0.39 is 10.6 Å². The lowest BCUT2D eigenvalue weighted by atomic mass is 9.90. The first kappa shape index (κ1) is 12.4. The Morgan fingerprint density at radius 2 is 2.24 bits per heavy atom. The smallest absolute Gasteiger partial charge is 0.321 e. The predicted octanol–water partition coefficient (Wildman–Crippen LogP) is 2.32. The molecule has 2 aliphatic heterocycles. The van der Waals surface area contributed by atoms with Crippen LogP contribution in [0.5, 0.6) is 5.75 Å². The second-order valence-corrected chi connectivity index (χ2v) is 6.06. The Labute approximate surface area is 121 Å². The maximum atomic E-state index is 12.3. The van der Waals surface area contributed by atoms with Gasteiger partial charge in [-0.2, -0.15) is 0 Å². The number of rotatable bonds is 2. The molecule has 1 aromatic rings. The number of carbonyl (C=O) groups excluding carboxylic acids is 1. The van der Waals surface area contributed by atoms with E-state index >= 15 is 0 Å². The van der Waals surface area contributed by atoms with E-state index in [2.05, 4.69) is 5.32 Å². The molecular formula is C14H15N3O4. The molecule has 4 rings (SSSR count). The lowest BCUT2D eigenvalue weighted by Gasteiger charge is -2.50. The molecule has 7 heteroatoms. The summed E-state index contributed by atoms with van der Waals surface area (Å²) in [6, 6.07) is 4.42. The molecule has 0 spiro atoms. The van der Waals surface area contributed by atoms with Crippen LogP contribution in [0.25, 0.3) is 0 Å². The summed E-state index contributed by atoms with van der Waals surface area (Å²) in [5, 5.41) is 13.9. The topological polar surface area (TPSA) is 84.7 Å². The second kappa shape index (κ2) is 3.87. The number of benzene rings is 1. The Hall–Kier alpha value is -2.31. The highest BCUT2D eigenvalue weighted by molar-refractivity contribution is 5.78. The van der Waals surface area contributed by atoms with Gasteiger partial charge in [-0.3, -0.25) is 15.0 Å². The van der Waals surface area contributed by atoms with E-state index in [1.165, 1.54) is 12.1 Å². The van der Waals surface area contributed by atoms with Gasteiger partial charge in [-0.05, 0) is 25.8 Å². The second-order valence-electron chi connectivity index (χ2n) is 6.06. The Morgan fingerprint density at radius 1 is 1.48 bits per heavy atom. The van der Waals surface area contributed by atoms with E-state index in [4.69, 9.17) is 4.74 Å². The van der Waals surface area contributed by atoms with Crippen LogP contribution in [0.3, 0.4) is 0 Å². The minimum Gasteiger partial charge on any atom is -0.468 e. The maximum absolute atomic E-state index is 12.3. The SMILES string of the molecule is CC12CC(NC(=O)N1C1CC1)c1cc([N+](=O)[O-])ccc1O2. The Morgan fingerprint density at radius 3 is 2.90 bits per heavy atom. The molecule has 7 nitrogen and oxygen atoms in total. The molecule has 1 N–H and O–H groups in total. The van der Waals surface area contributed by atoms with Gasteiger partial charge in [0.1, 0.15) is 5.75 Å². The van der Waals surface area contributed by atoms with Gasteiger partial charge in [-0.15, -0.1) is 0 Å². The fourth-order valence-electron chi connectivity index (χ4n) is 3.38. The van der Waals surface area contributed by atoms with Crippen LogP contribution in [-0.2, 0) is 0 Å². The van der Waals surface area contributed by atoms with Gasteiger partial charge in [-0.25, -0.2) is 4.79 Å². The molecule has 2 amide bonds. The number of nitrogens with zero attached hydrogens (tertiary/aromatic N) is 2. The van der Waals surface area contributed by atoms with Gasteiger partial charge in [0.25, 0.3) is 5.69 Å². The average molecular weight is 289 g/mol. The number of non-ortho nitro benzene ring substituents is 1. The zero-order valence-electron chi connectivity index (χ0n) is 11.5. The van der Waals surface area contributed by atoms with E-state index in [9.17, 15) is 14.9 Å². The first-order valence-corrected chi connectivity index (χ1v) is 7.05. The summed E-state index contributed by atoms with van der Waals surface area (Å²) in [4.78, 5) is 24.6. The van der Waals surface area contributed by atoms with Crippen LogP contribution in [0, 0.1) is 10.1 Å². The molecule has 1 saturated carbocycles. The fraction of sp³-hybridized carbons (Fsp3) is 0.500. The van der Waals surface area contributed by atoms with Crippen molar-refractivity contribution in [3.63, 3.8) is 0 Å². The Balaban J connectivity index is 1.77. The molecule has 0 radical (unpaired) electrons. The fourth-order valence-corrected chi connectivity index (χ4v) is 3.38. The van der Waals surface area contributed by atoms with Crippen molar-refractivity contribution in [3.8, 4) is 5.75 Å². The first-order valence-electron chi connectivity index (χ1n) is 7.05. The molecule has 110 valence electrons. The number of nitro benzene ring substituents is 1. The third kappa shape index (κ3) is 1.76. The molecule has 3 aliphatic rings. The summed E-state index contributed by atoms with van der Waals surface area (Å²) in [7, 11) is 0. The van der Waals surface area contributed by atoms with E-state index in [1.807, 2.05) is 6.92 Å². The summed E-state index contributed by atoms with van der Waals surface area (Å²) in [6.07, 6.45) is 2.61. The number of urea groups is 1. The number of hydrogen-bond donors (Lipinski definition) is 1. The van der Waals surface area contributed by atoms with Gasteiger partial charge in [0.05, 0.1) is 11.0 Å². The van der Waals surface area contributed by atoms with Crippen LogP contribution in [-0.4, -0.2) is 27.6 Å². The van der Waals surface area contributed by atoms with Gasteiger partial charge < -0.3 is 10.1 Å². The van der Waals surface area contributed by atoms with Crippen molar-refractivity contribution in [3.05, 3.63) is 33.9 Å². The highest BCUT2D eigenvalue weighted by Crippen LogP contribution is 2.48. The van der Waals surface area contributed by atoms with Crippen molar-refractivity contribution in [1.29, 1.82) is 0 Å². The van der Waals surface area contributed by atoms with Gasteiger partial charge in [0.15, 0.2) is 5.72 Å². The molecule has 1 aromatic carbocycles. The molecule has 1 aliphatic carbocycles. The lowest BCUT2D eigenvalue weighted by molar-refractivity contribution is -0.385. The van der Waals surface area contributed by atoms with Crippen molar-refractivity contribution in [2.24, 2.45) is 0 Å². The van der Waals surface area contributed by atoms with Crippen molar-refractivity contribution in [2.45, 2.75) is 44.0 Å². The first-order chi connectivity index (χ1) is 9.98. The zero-order chi connectivity index (χ0) is 14.8. The molecule has 2 unspecified atom stereocenters. The van der Waals surface area contributed by atoms with Crippen LogP contribution in [0.1, 0.15) is 37.8 Å². The van der Waals surface area contributed by atoms with Crippen molar-refractivity contribution in [1.82, 2.24) is 10.2 Å². The van der Waals surface area contributed by atoms with Crippen LogP contribution in [0.2, 0.25) is 0 Å². The van der Waals surface area contributed by atoms with Gasteiger partial charge in [-0.1, -0.05) is 0 Å². The van der Waals surface area contributed by atoms with Gasteiger partial charge in [0, 0.05) is 30.2 Å². The molecule has 2 bridgehead atoms. The van der Waals surface area contributed by atoms with Crippen LogP contribution in [0.15, 0.2) is 18.2 Å². The predicted molar refractivity (Wildman–Crippen MR) is 72.9 cm³/mol. The monoisotopic (exact) mass is 289 g/mol. The number of ether oxygens (including phenoxy) is 1. The van der Waals surface area contributed by atoms with Crippen LogP contribution in [0.4, 0.5) is 10.5 Å². The van der Waals surface area contributed by atoms with Gasteiger partial charge >= 0.3 is 6.03 Å². The molecule has 0 aromatic heterocycles. The number of nitro groups is 1. The van der Waals surface area contributed by atoms with E-state index in [0.717, 1.165) is 12.8 Å². The van der Waals surface area contributed by atoms with Gasteiger partial charge in [0.2, 0.25) is 0 Å². The third-order valence-corrected chi connectivity index (χ3v) is 4.43. The quantitative estimate of drug-likeness (QED) is 0.669. The molecule has 2 fully saturated rings.